The lowest BCUT2D eigenvalue weighted by Crippen LogP contribution is -2.28. The highest BCUT2D eigenvalue weighted by Crippen LogP contribution is 2.10. The number of rotatable bonds is 1. The third kappa shape index (κ3) is 1.97. The van der Waals surface area contributed by atoms with Gasteiger partial charge in [-0.2, -0.15) is 5.26 Å². The van der Waals surface area contributed by atoms with Crippen LogP contribution in [-0.2, 0) is 4.74 Å². The van der Waals surface area contributed by atoms with E-state index in [0.29, 0.717) is 31.0 Å². The molecular formula is C11H10N2O2. The van der Waals surface area contributed by atoms with Gasteiger partial charge in [-0.1, -0.05) is 6.07 Å². The molecular weight excluding hydrogens is 192 g/mol. The highest BCUT2D eigenvalue weighted by atomic mass is 16.5. The maximum absolute atomic E-state index is 11.9. The zero-order valence-electron chi connectivity index (χ0n) is 8.14. The number of benzene rings is 1. The average Bonchev–Trinajstić information content (AvgIpc) is 2.81. The lowest BCUT2D eigenvalue weighted by Gasteiger charge is -2.13. The van der Waals surface area contributed by atoms with Crippen LogP contribution in [0.1, 0.15) is 15.9 Å². The molecule has 0 aliphatic carbocycles. The standard InChI is InChI=1S/C11H10N2O2/c12-7-9-2-1-3-10(6-9)11(14)13-4-5-15-8-13/h1-3,6H,4-5,8H2. The van der Waals surface area contributed by atoms with E-state index in [0.717, 1.165) is 0 Å². The minimum absolute atomic E-state index is 0.0791. The van der Waals surface area contributed by atoms with Crippen molar-refractivity contribution in [3.8, 4) is 6.07 Å². The van der Waals surface area contributed by atoms with Crippen LogP contribution in [0.5, 0.6) is 0 Å². The summed E-state index contributed by atoms with van der Waals surface area (Å²) >= 11 is 0. The number of carbonyl (C=O) groups is 1. The highest BCUT2D eigenvalue weighted by Gasteiger charge is 2.19. The molecule has 4 heteroatoms. The summed E-state index contributed by atoms with van der Waals surface area (Å²) in [7, 11) is 0. The molecule has 1 aliphatic heterocycles. The first-order chi connectivity index (χ1) is 7.31. The minimum atomic E-state index is -0.0791. The minimum Gasteiger partial charge on any atom is -0.359 e. The number of ether oxygens (including phenoxy) is 1. The molecule has 1 aromatic carbocycles. The lowest BCUT2D eigenvalue weighted by molar-refractivity contribution is 0.0695. The fourth-order valence-electron chi connectivity index (χ4n) is 1.48. The molecule has 0 atom stereocenters. The summed E-state index contributed by atoms with van der Waals surface area (Å²) < 4.78 is 5.10. The second kappa shape index (κ2) is 4.11. The van der Waals surface area contributed by atoms with Crippen molar-refractivity contribution in [2.45, 2.75) is 0 Å². The molecule has 1 amide bonds. The summed E-state index contributed by atoms with van der Waals surface area (Å²) in [5, 5.41) is 8.71. The van der Waals surface area contributed by atoms with Gasteiger partial charge in [0.15, 0.2) is 0 Å². The van der Waals surface area contributed by atoms with Crippen molar-refractivity contribution in [1.82, 2.24) is 4.90 Å². The number of nitrogens with zero attached hydrogens (tertiary/aromatic N) is 2. The van der Waals surface area contributed by atoms with Crippen LogP contribution in [-0.4, -0.2) is 30.7 Å². The maximum atomic E-state index is 11.9. The van der Waals surface area contributed by atoms with Crippen molar-refractivity contribution in [1.29, 1.82) is 5.26 Å². The van der Waals surface area contributed by atoms with Crippen LogP contribution >= 0.6 is 0 Å². The van der Waals surface area contributed by atoms with Gasteiger partial charge in [0.05, 0.1) is 18.2 Å². The summed E-state index contributed by atoms with van der Waals surface area (Å²) in [5.74, 6) is -0.0791. The van der Waals surface area contributed by atoms with E-state index in [2.05, 4.69) is 0 Å². The quantitative estimate of drug-likeness (QED) is 0.682. The van der Waals surface area contributed by atoms with E-state index in [1.807, 2.05) is 6.07 Å². The molecule has 0 spiro atoms. The largest absolute Gasteiger partial charge is 0.359 e. The Labute approximate surface area is 87.7 Å². The van der Waals surface area contributed by atoms with E-state index >= 15 is 0 Å². The van der Waals surface area contributed by atoms with Crippen LogP contribution in [0.15, 0.2) is 24.3 Å². The van der Waals surface area contributed by atoms with Crippen molar-refractivity contribution < 1.29 is 9.53 Å². The van der Waals surface area contributed by atoms with Crippen molar-refractivity contribution in [2.75, 3.05) is 19.9 Å². The molecule has 0 radical (unpaired) electrons. The Hall–Kier alpha value is -1.86. The van der Waals surface area contributed by atoms with Gasteiger partial charge in [-0.15, -0.1) is 0 Å². The van der Waals surface area contributed by atoms with E-state index in [4.69, 9.17) is 10.00 Å². The Morgan fingerprint density at radius 3 is 3.07 bits per heavy atom. The lowest BCUT2D eigenvalue weighted by atomic mass is 10.1. The maximum Gasteiger partial charge on any atom is 0.255 e. The topological polar surface area (TPSA) is 53.3 Å². The molecule has 2 rings (SSSR count). The first-order valence-corrected chi connectivity index (χ1v) is 4.68. The third-order valence-electron chi connectivity index (χ3n) is 2.28. The van der Waals surface area contributed by atoms with E-state index in [1.54, 1.807) is 29.2 Å². The average molecular weight is 202 g/mol. The van der Waals surface area contributed by atoms with E-state index in [1.165, 1.54) is 0 Å². The number of hydrogen-bond acceptors (Lipinski definition) is 3. The fraction of sp³-hybridized carbons (Fsp3) is 0.273. The van der Waals surface area contributed by atoms with Crippen molar-refractivity contribution in [3.63, 3.8) is 0 Å². The van der Waals surface area contributed by atoms with Crippen molar-refractivity contribution >= 4 is 5.91 Å². The molecule has 76 valence electrons. The number of hydrogen-bond donors (Lipinski definition) is 0. The second-order valence-electron chi connectivity index (χ2n) is 3.30. The second-order valence-corrected chi connectivity index (χ2v) is 3.30. The molecule has 0 bridgehead atoms. The van der Waals surface area contributed by atoms with Gasteiger partial charge in [-0.3, -0.25) is 4.79 Å². The van der Waals surface area contributed by atoms with E-state index in [9.17, 15) is 4.79 Å². The van der Waals surface area contributed by atoms with Crippen LogP contribution in [0.25, 0.3) is 0 Å². The zero-order chi connectivity index (χ0) is 10.7. The molecule has 4 nitrogen and oxygen atoms in total. The summed E-state index contributed by atoms with van der Waals surface area (Å²) in [6, 6.07) is 8.71. The highest BCUT2D eigenvalue weighted by molar-refractivity contribution is 5.94. The number of nitriles is 1. The normalized spacial score (nSPS) is 15.0. The smallest absolute Gasteiger partial charge is 0.255 e. The van der Waals surface area contributed by atoms with Crippen LogP contribution in [0.3, 0.4) is 0 Å². The van der Waals surface area contributed by atoms with Crippen molar-refractivity contribution in [2.24, 2.45) is 0 Å². The van der Waals surface area contributed by atoms with E-state index < -0.39 is 0 Å². The van der Waals surface area contributed by atoms with Crippen molar-refractivity contribution in [3.05, 3.63) is 35.4 Å². The molecule has 0 saturated carbocycles. The van der Waals surface area contributed by atoms with Gasteiger partial charge >= 0.3 is 0 Å². The molecule has 1 heterocycles. The summed E-state index contributed by atoms with van der Waals surface area (Å²) in [5.41, 5.74) is 1.04. The monoisotopic (exact) mass is 202 g/mol. The first kappa shape index (κ1) is 9.69. The molecule has 1 fully saturated rings. The molecule has 0 N–H and O–H groups in total. The Morgan fingerprint density at radius 2 is 2.40 bits per heavy atom. The van der Waals surface area contributed by atoms with E-state index in [-0.39, 0.29) is 5.91 Å². The summed E-state index contributed by atoms with van der Waals surface area (Å²) in [4.78, 5) is 13.5. The third-order valence-corrected chi connectivity index (χ3v) is 2.28. The van der Waals surface area contributed by atoms with Gasteiger partial charge in [0.2, 0.25) is 0 Å². The number of carbonyl (C=O) groups excluding carboxylic acids is 1. The first-order valence-electron chi connectivity index (χ1n) is 4.68. The molecule has 1 saturated heterocycles. The van der Waals surface area contributed by atoms with Gasteiger partial charge in [0, 0.05) is 12.1 Å². The predicted octanol–water partition coefficient (Wildman–Crippen LogP) is 0.988. The molecule has 0 aromatic heterocycles. The van der Waals surface area contributed by atoms with Gasteiger partial charge in [-0.05, 0) is 18.2 Å². The fourth-order valence-corrected chi connectivity index (χ4v) is 1.48. The van der Waals surface area contributed by atoms with Crippen LogP contribution < -0.4 is 0 Å². The molecule has 1 aromatic rings. The predicted molar refractivity (Wildman–Crippen MR) is 53.0 cm³/mol. The number of amides is 1. The Bertz CT molecular complexity index is 417. The Balaban J connectivity index is 2.21. The van der Waals surface area contributed by atoms with Gasteiger partial charge in [-0.25, -0.2) is 0 Å². The van der Waals surface area contributed by atoms with Crippen LogP contribution in [0.4, 0.5) is 0 Å². The van der Waals surface area contributed by atoms with Gasteiger partial charge in [0.25, 0.3) is 5.91 Å². The molecule has 1 aliphatic rings. The molecule has 15 heavy (non-hydrogen) atoms. The summed E-state index contributed by atoms with van der Waals surface area (Å²) in [6.45, 7) is 1.55. The molecule has 0 unspecified atom stereocenters. The van der Waals surface area contributed by atoms with Gasteiger partial charge in [0.1, 0.15) is 6.73 Å². The van der Waals surface area contributed by atoms with Gasteiger partial charge < -0.3 is 9.64 Å². The summed E-state index contributed by atoms with van der Waals surface area (Å²) in [6.07, 6.45) is 0. The van der Waals surface area contributed by atoms with Crippen LogP contribution in [0.2, 0.25) is 0 Å². The van der Waals surface area contributed by atoms with Crippen LogP contribution in [0, 0.1) is 11.3 Å². The Kier molecular flexibility index (Phi) is 2.66. The SMILES string of the molecule is N#Cc1cccc(C(=O)N2CCOC2)c1. The Morgan fingerprint density at radius 1 is 1.53 bits per heavy atom. The zero-order valence-corrected chi connectivity index (χ0v) is 8.14.